The van der Waals surface area contributed by atoms with Gasteiger partial charge in [-0.25, -0.2) is 0 Å². The van der Waals surface area contributed by atoms with Gasteiger partial charge < -0.3 is 4.79 Å². The van der Waals surface area contributed by atoms with E-state index in [0.29, 0.717) is 18.4 Å². The zero-order chi connectivity index (χ0) is 10.5. The van der Waals surface area contributed by atoms with Gasteiger partial charge in [0.2, 0.25) is 0 Å². The zero-order valence-corrected chi connectivity index (χ0v) is 6.61. The second-order valence-electron chi connectivity index (χ2n) is 2.48. The molecular weight excluding hydrogens is 124 g/mol. The van der Waals surface area contributed by atoms with Crippen molar-refractivity contribution >= 4 is 5.78 Å². The van der Waals surface area contributed by atoms with E-state index in [-0.39, 0.29) is 5.78 Å². The van der Waals surface area contributed by atoms with E-state index in [9.17, 15) is 4.79 Å². The summed E-state index contributed by atoms with van der Waals surface area (Å²) in [7, 11) is 0. The maximum Gasteiger partial charge on any atom is 0.129 e. The van der Waals surface area contributed by atoms with Crippen molar-refractivity contribution in [3.05, 3.63) is 11.6 Å². The van der Waals surface area contributed by atoms with Gasteiger partial charge in [0, 0.05) is 10.5 Å². The summed E-state index contributed by atoms with van der Waals surface area (Å²) in [5.74, 6) is 0.153. The summed E-state index contributed by atoms with van der Waals surface area (Å²) < 4.78 is 21.2. The summed E-state index contributed by atoms with van der Waals surface area (Å²) in [6.45, 7) is 1.16. The Bertz CT molecular complexity index is 203. The van der Waals surface area contributed by atoms with Crippen molar-refractivity contribution in [3.8, 4) is 0 Å². The minimum absolute atomic E-state index is 0.153. The van der Waals surface area contributed by atoms with Crippen molar-refractivity contribution in [3.63, 3.8) is 0 Å². The van der Waals surface area contributed by atoms with Crippen molar-refractivity contribution in [2.45, 2.75) is 40.0 Å². The Morgan fingerprint density at radius 1 is 1.60 bits per heavy atom. The van der Waals surface area contributed by atoms with E-state index in [2.05, 4.69) is 0 Å². The van der Waals surface area contributed by atoms with E-state index in [0.717, 1.165) is 6.42 Å². The second kappa shape index (κ2) is 5.21. The first-order valence-corrected chi connectivity index (χ1v) is 3.50. The number of hydrogen-bond donors (Lipinski definition) is 0. The fraction of sp³-hybridized carbons (Fsp3) is 0.667. The molecule has 0 aromatic rings. The minimum Gasteiger partial charge on any atom is -0.300 e. The van der Waals surface area contributed by atoms with Gasteiger partial charge in [-0.15, -0.1) is 0 Å². The van der Waals surface area contributed by atoms with Gasteiger partial charge >= 0.3 is 0 Å². The normalized spacial score (nSPS) is 17.4. The molecule has 0 heterocycles. The van der Waals surface area contributed by atoms with Crippen molar-refractivity contribution in [2.75, 3.05) is 0 Å². The van der Waals surface area contributed by atoms with E-state index in [1.807, 2.05) is 0 Å². The lowest BCUT2D eigenvalue weighted by Gasteiger charge is -1.92. The Morgan fingerprint density at radius 2 is 2.30 bits per heavy atom. The van der Waals surface area contributed by atoms with E-state index in [1.165, 1.54) is 0 Å². The van der Waals surface area contributed by atoms with Gasteiger partial charge in [-0.05, 0) is 33.5 Å². The van der Waals surface area contributed by atoms with Gasteiger partial charge in [-0.1, -0.05) is 11.6 Å². The highest BCUT2D eigenvalue weighted by atomic mass is 16.1. The Hall–Kier alpha value is -0.590. The highest BCUT2D eigenvalue weighted by molar-refractivity contribution is 5.75. The van der Waals surface area contributed by atoms with Gasteiger partial charge in [0.1, 0.15) is 5.78 Å². The molecule has 1 heteroatoms. The quantitative estimate of drug-likeness (QED) is 0.437. The van der Waals surface area contributed by atoms with Crippen LogP contribution in [0.5, 0.6) is 0 Å². The van der Waals surface area contributed by atoms with Crippen molar-refractivity contribution in [2.24, 2.45) is 0 Å². The maximum atomic E-state index is 10.6. The summed E-state index contributed by atoms with van der Waals surface area (Å²) in [6, 6.07) is 0. The maximum absolute atomic E-state index is 10.6. The molecule has 0 radical (unpaired) electrons. The fourth-order valence-electron chi connectivity index (χ4n) is 0.670. The van der Waals surface area contributed by atoms with E-state index in [4.69, 9.17) is 4.11 Å². The molecule has 0 saturated heterocycles. The third-order valence-corrected chi connectivity index (χ3v) is 1.18. The van der Waals surface area contributed by atoms with E-state index >= 15 is 0 Å². The molecule has 0 aliphatic rings. The topological polar surface area (TPSA) is 17.1 Å². The number of hydrogen-bond acceptors (Lipinski definition) is 1. The minimum atomic E-state index is -1.98. The molecule has 58 valence electrons. The van der Waals surface area contributed by atoms with Crippen LogP contribution in [-0.2, 0) is 4.79 Å². The molecule has 1 nitrogen and oxygen atoms in total. The van der Waals surface area contributed by atoms with Crippen LogP contribution in [0.4, 0.5) is 0 Å². The van der Waals surface area contributed by atoms with Gasteiger partial charge in [0.25, 0.3) is 0 Å². The number of carbonyl (C=O) groups is 1. The van der Waals surface area contributed by atoms with E-state index < -0.39 is 6.85 Å². The Kier molecular flexibility index (Phi) is 2.67. The van der Waals surface area contributed by atoms with Crippen LogP contribution in [0.2, 0.25) is 0 Å². The van der Waals surface area contributed by atoms with Crippen molar-refractivity contribution in [1.29, 1.82) is 0 Å². The third-order valence-electron chi connectivity index (χ3n) is 1.18. The second-order valence-corrected chi connectivity index (χ2v) is 2.48. The van der Waals surface area contributed by atoms with Gasteiger partial charge in [0.15, 0.2) is 0 Å². The number of ketones is 1. The number of allylic oxidation sites excluding steroid dienone is 2. The number of Topliss-reactive ketones (excluding diaryl/α,β-unsaturated/α-hetero) is 1. The molecule has 0 aliphatic carbocycles. The molecule has 0 aromatic heterocycles. The molecule has 0 N–H and O–H groups in total. The van der Waals surface area contributed by atoms with Gasteiger partial charge in [-0.3, -0.25) is 0 Å². The van der Waals surface area contributed by atoms with Crippen LogP contribution in [0.25, 0.3) is 0 Å². The molecule has 0 bridgehead atoms. The van der Waals surface area contributed by atoms with Crippen LogP contribution in [0.3, 0.4) is 0 Å². The molecular formula is C9H16O. The average Bonchev–Trinajstić information content (AvgIpc) is 1.95. The first kappa shape index (κ1) is 5.11. The summed E-state index contributed by atoms with van der Waals surface area (Å²) >= 11 is 0. The van der Waals surface area contributed by atoms with Gasteiger partial charge in [0.05, 0.1) is 0 Å². The summed E-state index contributed by atoms with van der Waals surface area (Å²) in [6.07, 6.45) is 3.63. The fourth-order valence-corrected chi connectivity index (χ4v) is 0.670. The number of rotatable bonds is 4. The summed E-state index contributed by atoms with van der Waals surface area (Å²) in [5.41, 5.74) is 0.413. The SMILES string of the molecule is [2H]C([2H])([2H])/C(C)=C/CCCC(C)=O. The molecule has 0 atom stereocenters. The molecule has 0 aromatic carbocycles. The average molecular weight is 143 g/mol. The van der Waals surface area contributed by atoms with Crippen LogP contribution >= 0.6 is 0 Å². The highest BCUT2D eigenvalue weighted by Crippen LogP contribution is 2.00. The molecule has 0 fully saturated rings. The first-order valence-electron chi connectivity index (χ1n) is 5.00. The highest BCUT2D eigenvalue weighted by Gasteiger charge is 1.90. The standard InChI is InChI=1S/C9H16O/c1-8(2)6-4-5-7-9(3)10/h6H,4-5,7H2,1-3H3/i1D3/b8-6-. The van der Waals surface area contributed by atoms with E-state index in [1.54, 1.807) is 19.9 Å². The van der Waals surface area contributed by atoms with Crippen LogP contribution < -0.4 is 0 Å². The Balaban J connectivity index is 3.79. The molecule has 0 saturated carbocycles. The van der Waals surface area contributed by atoms with Crippen LogP contribution in [0.15, 0.2) is 11.6 Å². The molecule has 0 amide bonds. The third kappa shape index (κ3) is 7.41. The van der Waals surface area contributed by atoms with Crippen LogP contribution in [-0.4, -0.2) is 5.78 Å². The van der Waals surface area contributed by atoms with Crippen LogP contribution in [0.1, 0.15) is 44.1 Å². The Labute approximate surface area is 67.3 Å². The molecule has 0 unspecified atom stereocenters. The predicted octanol–water partition coefficient (Wildman–Crippen LogP) is 2.71. The largest absolute Gasteiger partial charge is 0.300 e. The number of carbonyl (C=O) groups excluding carboxylic acids is 1. The lowest BCUT2D eigenvalue weighted by Crippen LogP contribution is -1.87. The lowest BCUT2D eigenvalue weighted by atomic mass is 10.1. The van der Waals surface area contributed by atoms with Gasteiger partial charge in [-0.2, -0.15) is 0 Å². The predicted molar refractivity (Wildman–Crippen MR) is 44.0 cm³/mol. The van der Waals surface area contributed by atoms with Crippen molar-refractivity contribution in [1.82, 2.24) is 0 Å². The summed E-state index contributed by atoms with van der Waals surface area (Å²) in [5, 5.41) is 0. The molecule has 0 rings (SSSR count). The zero-order valence-electron chi connectivity index (χ0n) is 9.61. The van der Waals surface area contributed by atoms with Crippen molar-refractivity contribution < 1.29 is 8.91 Å². The molecule has 10 heavy (non-hydrogen) atoms. The molecule has 0 aliphatic heterocycles. The van der Waals surface area contributed by atoms with Crippen LogP contribution in [0, 0.1) is 0 Å². The smallest absolute Gasteiger partial charge is 0.129 e. The monoisotopic (exact) mass is 143 g/mol. The number of unbranched alkanes of at least 4 members (excludes halogenated alkanes) is 1. The lowest BCUT2D eigenvalue weighted by molar-refractivity contribution is -0.117. The Morgan fingerprint density at radius 3 is 2.80 bits per heavy atom. The molecule has 0 spiro atoms. The summed E-state index contributed by atoms with van der Waals surface area (Å²) in [4.78, 5) is 10.6. The first-order chi connectivity index (χ1) is 5.84.